The van der Waals surface area contributed by atoms with Crippen LogP contribution in [0.4, 0.5) is 17.2 Å². The second kappa shape index (κ2) is 10.4. The Balaban J connectivity index is 1.56. The zero-order valence-electron chi connectivity index (χ0n) is 20.7. The highest BCUT2D eigenvalue weighted by atomic mass is 16.6. The molecule has 1 aromatic carbocycles. The van der Waals surface area contributed by atoms with Crippen LogP contribution < -0.4 is 20.1 Å². The number of carbonyl (C=O) groups is 2. The van der Waals surface area contributed by atoms with E-state index >= 15 is 0 Å². The van der Waals surface area contributed by atoms with Gasteiger partial charge in [0.05, 0.1) is 43.9 Å². The lowest BCUT2D eigenvalue weighted by Gasteiger charge is -2.27. The van der Waals surface area contributed by atoms with E-state index < -0.39 is 5.97 Å². The molecule has 2 aromatic heterocycles. The molecule has 0 atom stereocenters. The number of methoxy groups -OCH3 is 1. The lowest BCUT2D eigenvalue weighted by atomic mass is 10.1. The maximum atomic E-state index is 12.7. The number of aromatic nitrogens is 5. The third-order valence-corrected chi connectivity index (χ3v) is 5.75. The minimum Gasteiger partial charge on any atom is -0.494 e. The number of nitrogens with one attached hydrogen (secondary N) is 2. The predicted octanol–water partition coefficient (Wildman–Crippen LogP) is 2.33. The number of esters is 1. The molecule has 5 rings (SSSR count). The van der Waals surface area contributed by atoms with Crippen molar-refractivity contribution in [3.63, 3.8) is 0 Å². The summed E-state index contributed by atoms with van der Waals surface area (Å²) in [5, 5.41) is 18.4. The van der Waals surface area contributed by atoms with Gasteiger partial charge in [0.1, 0.15) is 18.2 Å². The van der Waals surface area contributed by atoms with Gasteiger partial charge in [-0.25, -0.2) is 9.78 Å². The summed E-state index contributed by atoms with van der Waals surface area (Å²) in [5.41, 5.74) is 1.25. The highest BCUT2D eigenvalue weighted by Crippen LogP contribution is 2.41. The predicted molar refractivity (Wildman–Crippen MR) is 131 cm³/mol. The van der Waals surface area contributed by atoms with E-state index in [2.05, 4.69) is 30.9 Å². The first-order valence-electron chi connectivity index (χ1n) is 11.9. The number of rotatable bonds is 10. The molecule has 1 amide bonds. The van der Waals surface area contributed by atoms with Crippen LogP contribution in [0.5, 0.6) is 11.5 Å². The Labute approximate surface area is 212 Å². The van der Waals surface area contributed by atoms with Crippen LogP contribution >= 0.6 is 0 Å². The lowest BCUT2D eigenvalue weighted by Crippen LogP contribution is -2.38. The second-order valence-electron chi connectivity index (χ2n) is 8.67. The van der Waals surface area contributed by atoms with Crippen LogP contribution in [0, 0.1) is 5.92 Å². The third kappa shape index (κ3) is 5.45. The van der Waals surface area contributed by atoms with Crippen molar-refractivity contribution < 1.29 is 28.5 Å². The summed E-state index contributed by atoms with van der Waals surface area (Å²) in [6.45, 7) is 2.82. The monoisotopic (exact) mass is 509 g/mol. The standard InChI is InChI=1S/C24H27N7O6/c1-4-36-24(33)20-17(9-19(28-29-20)27-23(32)13-5-6-13)26-18-8-14(37-15-10-35-11-15)7-16(21(18)34-3)22-25-12-31(2)30-22/h7-9,12-13,15H,4-6,10-11H2,1-3H3,(H2,26,27,28,32). The molecule has 1 aliphatic heterocycles. The van der Waals surface area contributed by atoms with Gasteiger partial charge in [-0.1, -0.05) is 0 Å². The molecule has 1 saturated carbocycles. The molecule has 194 valence electrons. The first-order valence-corrected chi connectivity index (χ1v) is 11.9. The molecule has 37 heavy (non-hydrogen) atoms. The van der Waals surface area contributed by atoms with E-state index in [1.165, 1.54) is 13.2 Å². The Bertz CT molecular complexity index is 1320. The normalized spacial score (nSPS) is 15.0. The van der Waals surface area contributed by atoms with Crippen molar-refractivity contribution >= 4 is 29.1 Å². The van der Waals surface area contributed by atoms with Crippen molar-refractivity contribution in [1.82, 2.24) is 25.0 Å². The van der Waals surface area contributed by atoms with Gasteiger partial charge >= 0.3 is 5.97 Å². The van der Waals surface area contributed by atoms with Gasteiger partial charge in [-0.2, -0.15) is 5.10 Å². The van der Waals surface area contributed by atoms with Crippen molar-refractivity contribution in [3.05, 3.63) is 30.2 Å². The smallest absolute Gasteiger partial charge is 0.361 e. The van der Waals surface area contributed by atoms with Crippen molar-refractivity contribution in [2.24, 2.45) is 13.0 Å². The van der Waals surface area contributed by atoms with E-state index in [4.69, 9.17) is 18.9 Å². The first-order chi connectivity index (χ1) is 17.9. The zero-order valence-corrected chi connectivity index (χ0v) is 20.7. The fraction of sp³-hybridized carbons (Fsp3) is 0.417. The Hall–Kier alpha value is -4.26. The van der Waals surface area contributed by atoms with Gasteiger partial charge < -0.3 is 29.6 Å². The zero-order chi connectivity index (χ0) is 25.9. The molecule has 3 aromatic rings. The maximum Gasteiger partial charge on any atom is 0.361 e. The summed E-state index contributed by atoms with van der Waals surface area (Å²) in [6.07, 6.45) is 3.17. The van der Waals surface area contributed by atoms with Crippen molar-refractivity contribution in [2.75, 3.05) is 37.6 Å². The Morgan fingerprint density at radius 1 is 1.16 bits per heavy atom. The Kier molecular flexibility index (Phi) is 6.86. The molecule has 0 spiro atoms. The molecule has 2 fully saturated rings. The number of hydrogen-bond donors (Lipinski definition) is 2. The summed E-state index contributed by atoms with van der Waals surface area (Å²) in [7, 11) is 3.28. The van der Waals surface area contributed by atoms with Gasteiger partial charge in [0.25, 0.3) is 0 Å². The largest absolute Gasteiger partial charge is 0.494 e. The average molecular weight is 510 g/mol. The molecule has 13 nitrogen and oxygen atoms in total. The number of anilines is 3. The van der Waals surface area contributed by atoms with Crippen LogP contribution in [0.25, 0.3) is 11.4 Å². The number of hydrogen-bond acceptors (Lipinski definition) is 11. The number of aryl methyl sites for hydroxylation is 1. The van der Waals surface area contributed by atoms with Crippen LogP contribution in [0.15, 0.2) is 24.5 Å². The van der Waals surface area contributed by atoms with Gasteiger partial charge in [-0.05, 0) is 25.8 Å². The topological polar surface area (TPSA) is 152 Å². The van der Waals surface area contributed by atoms with Gasteiger partial charge in [0.2, 0.25) is 5.91 Å². The van der Waals surface area contributed by atoms with Gasteiger partial charge in [-0.15, -0.1) is 10.2 Å². The van der Waals surface area contributed by atoms with Crippen LogP contribution in [-0.2, 0) is 21.3 Å². The molecule has 3 heterocycles. The van der Waals surface area contributed by atoms with Gasteiger partial charge in [0, 0.05) is 25.1 Å². The van der Waals surface area contributed by atoms with Crippen LogP contribution in [-0.4, -0.2) is 69.9 Å². The number of amides is 1. The molecular formula is C24H27N7O6. The van der Waals surface area contributed by atoms with Crippen molar-refractivity contribution in [2.45, 2.75) is 25.9 Å². The third-order valence-electron chi connectivity index (χ3n) is 5.75. The highest BCUT2D eigenvalue weighted by Gasteiger charge is 2.30. The number of nitrogens with zero attached hydrogens (tertiary/aromatic N) is 5. The quantitative estimate of drug-likeness (QED) is 0.387. The van der Waals surface area contributed by atoms with E-state index in [-0.39, 0.29) is 41.7 Å². The number of benzene rings is 1. The van der Waals surface area contributed by atoms with E-state index in [9.17, 15) is 9.59 Å². The minimum atomic E-state index is -0.665. The summed E-state index contributed by atoms with van der Waals surface area (Å²) in [5.74, 6) is 0.747. The molecule has 1 aliphatic carbocycles. The Morgan fingerprint density at radius 2 is 1.97 bits per heavy atom. The molecule has 0 radical (unpaired) electrons. The molecular weight excluding hydrogens is 482 g/mol. The molecule has 0 unspecified atom stereocenters. The number of carbonyl (C=O) groups excluding carboxylic acids is 2. The fourth-order valence-electron chi connectivity index (χ4n) is 3.70. The lowest BCUT2D eigenvalue weighted by molar-refractivity contribution is -0.117. The molecule has 2 N–H and O–H groups in total. The van der Waals surface area contributed by atoms with E-state index in [1.807, 2.05) is 0 Å². The van der Waals surface area contributed by atoms with E-state index in [0.717, 1.165) is 12.8 Å². The van der Waals surface area contributed by atoms with Crippen molar-refractivity contribution in [1.29, 1.82) is 0 Å². The van der Waals surface area contributed by atoms with Crippen LogP contribution in [0.2, 0.25) is 0 Å². The summed E-state index contributed by atoms with van der Waals surface area (Å²) in [4.78, 5) is 29.3. The fourth-order valence-corrected chi connectivity index (χ4v) is 3.70. The molecule has 13 heteroatoms. The van der Waals surface area contributed by atoms with Crippen LogP contribution in [0.3, 0.4) is 0 Å². The minimum absolute atomic E-state index is 0.0271. The molecule has 2 aliphatic rings. The first kappa shape index (κ1) is 24.4. The molecule has 1 saturated heterocycles. The highest BCUT2D eigenvalue weighted by molar-refractivity contribution is 5.97. The van der Waals surface area contributed by atoms with Crippen LogP contribution in [0.1, 0.15) is 30.3 Å². The van der Waals surface area contributed by atoms with Gasteiger partial charge in [0.15, 0.2) is 23.1 Å². The Morgan fingerprint density at radius 3 is 2.59 bits per heavy atom. The summed E-state index contributed by atoms with van der Waals surface area (Å²) < 4.78 is 23.8. The molecule has 0 bridgehead atoms. The van der Waals surface area contributed by atoms with Gasteiger partial charge in [-0.3, -0.25) is 9.48 Å². The second-order valence-corrected chi connectivity index (χ2v) is 8.67. The maximum absolute atomic E-state index is 12.7. The van der Waals surface area contributed by atoms with E-state index in [1.54, 1.807) is 37.1 Å². The van der Waals surface area contributed by atoms with E-state index in [0.29, 0.717) is 41.8 Å². The average Bonchev–Trinajstić information content (AvgIpc) is 3.62. The van der Waals surface area contributed by atoms with Crippen molar-refractivity contribution in [3.8, 4) is 22.9 Å². The number of ether oxygens (including phenoxy) is 4. The summed E-state index contributed by atoms with van der Waals surface area (Å²) >= 11 is 0. The SMILES string of the molecule is CCOC(=O)c1nnc(NC(=O)C2CC2)cc1Nc1cc(OC2COC2)cc(-c2ncn(C)n2)c1OC. The summed E-state index contributed by atoms with van der Waals surface area (Å²) in [6, 6.07) is 5.06.